The van der Waals surface area contributed by atoms with Crippen molar-refractivity contribution in [2.45, 2.75) is 38.5 Å². The number of nitrogens with two attached hydrogens (primary N) is 1. The first kappa shape index (κ1) is 16.3. The number of hydrogen-bond donors (Lipinski definition) is 2. The van der Waals surface area contributed by atoms with Gasteiger partial charge in [0.2, 0.25) is 0 Å². The monoisotopic (exact) mass is 374 g/mol. The molecule has 4 fully saturated rings. The summed E-state index contributed by atoms with van der Waals surface area (Å²) in [4.78, 5) is 13.7. The van der Waals surface area contributed by atoms with Gasteiger partial charge in [0, 0.05) is 24.6 Å². The van der Waals surface area contributed by atoms with Gasteiger partial charge < -0.3 is 11.1 Å². The van der Waals surface area contributed by atoms with Gasteiger partial charge in [0.05, 0.1) is 6.20 Å². The highest BCUT2D eigenvalue weighted by atomic mass is 15.1. The van der Waals surface area contributed by atoms with Crippen LogP contribution in [0.1, 0.15) is 38.5 Å². The third-order valence-corrected chi connectivity index (χ3v) is 7.22. The molecule has 28 heavy (non-hydrogen) atoms. The second kappa shape index (κ2) is 5.93. The Kier molecular flexibility index (Phi) is 3.46. The largest absolute Gasteiger partial charge is 0.398 e. The van der Waals surface area contributed by atoms with Crippen LogP contribution in [0.2, 0.25) is 0 Å². The molecule has 3 aromatic rings. The van der Waals surface area contributed by atoms with Crippen molar-refractivity contribution in [3.05, 3.63) is 36.8 Å². The number of pyridine rings is 1. The topological polar surface area (TPSA) is 81.1 Å². The molecule has 4 bridgehead atoms. The molecule has 4 aliphatic carbocycles. The van der Waals surface area contributed by atoms with E-state index in [9.17, 15) is 0 Å². The average molecular weight is 374 g/mol. The quantitative estimate of drug-likeness (QED) is 0.721. The van der Waals surface area contributed by atoms with Crippen LogP contribution in [0, 0.1) is 23.2 Å². The van der Waals surface area contributed by atoms with Crippen molar-refractivity contribution < 1.29 is 0 Å². The van der Waals surface area contributed by atoms with Gasteiger partial charge in [-0.2, -0.15) is 0 Å². The molecule has 3 N–H and O–H groups in total. The molecule has 7 rings (SSSR count). The summed E-state index contributed by atoms with van der Waals surface area (Å²) in [7, 11) is 0. The molecule has 0 radical (unpaired) electrons. The lowest BCUT2D eigenvalue weighted by Gasteiger charge is -2.57. The van der Waals surface area contributed by atoms with Crippen LogP contribution in [-0.2, 0) is 0 Å². The molecule has 0 spiro atoms. The summed E-state index contributed by atoms with van der Waals surface area (Å²) in [6.45, 7) is 1.03. The van der Waals surface area contributed by atoms with Crippen molar-refractivity contribution >= 4 is 17.2 Å². The highest BCUT2D eigenvalue weighted by Crippen LogP contribution is 2.59. The van der Waals surface area contributed by atoms with E-state index in [2.05, 4.69) is 15.3 Å². The zero-order valence-corrected chi connectivity index (χ0v) is 16.0. The van der Waals surface area contributed by atoms with Gasteiger partial charge in [-0.15, -0.1) is 0 Å². The van der Waals surface area contributed by atoms with Crippen LogP contribution >= 0.6 is 0 Å². The summed E-state index contributed by atoms with van der Waals surface area (Å²) in [5, 5.41) is 3.66. The van der Waals surface area contributed by atoms with Gasteiger partial charge in [0.15, 0.2) is 5.82 Å². The van der Waals surface area contributed by atoms with Crippen molar-refractivity contribution in [1.29, 1.82) is 0 Å². The van der Waals surface area contributed by atoms with Crippen molar-refractivity contribution in [3.63, 3.8) is 0 Å². The van der Waals surface area contributed by atoms with Crippen molar-refractivity contribution in [2.75, 3.05) is 17.6 Å². The third-order valence-electron chi connectivity index (χ3n) is 7.22. The van der Waals surface area contributed by atoms with E-state index in [1.807, 2.05) is 41.2 Å². The number of rotatable bonds is 4. The zero-order chi connectivity index (χ0) is 18.7. The Balaban J connectivity index is 1.25. The van der Waals surface area contributed by atoms with Crippen LogP contribution in [-0.4, -0.2) is 25.9 Å². The second-order valence-electron chi connectivity index (χ2n) is 9.37. The number of nitrogen functional groups attached to an aromatic ring is 1. The van der Waals surface area contributed by atoms with Gasteiger partial charge in [-0.3, -0.25) is 4.40 Å². The molecule has 4 aliphatic rings. The fraction of sp³-hybridized carbons (Fsp3) is 0.500. The number of fused-ring (bicyclic) bond motifs is 1. The predicted octanol–water partition coefficient (Wildman–Crippen LogP) is 4.00. The molecule has 0 unspecified atom stereocenters. The minimum Gasteiger partial charge on any atom is -0.398 e. The number of imidazole rings is 1. The normalized spacial score (nSPS) is 30.8. The van der Waals surface area contributed by atoms with Gasteiger partial charge in [-0.1, -0.05) is 0 Å². The van der Waals surface area contributed by atoms with Crippen LogP contribution in [0.5, 0.6) is 0 Å². The highest BCUT2D eigenvalue weighted by molar-refractivity contribution is 5.60. The molecule has 0 saturated heterocycles. The Hall–Kier alpha value is -2.63. The molecule has 144 valence electrons. The van der Waals surface area contributed by atoms with Crippen molar-refractivity contribution in [1.82, 2.24) is 19.4 Å². The Morgan fingerprint density at radius 1 is 1.04 bits per heavy atom. The lowest BCUT2D eigenvalue weighted by atomic mass is 9.49. The van der Waals surface area contributed by atoms with Gasteiger partial charge in [0.1, 0.15) is 17.2 Å². The van der Waals surface area contributed by atoms with Gasteiger partial charge in [-0.25, -0.2) is 15.0 Å². The number of aromatic nitrogens is 4. The van der Waals surface area contributed by atoms with Crippen molar-refractivity contribution in [3.8, 4) is 11.5 Å². The van der Waals surface area contributed by atoms with Crippen LogP contribution in [0.15, 0.2) is 36.8 Å². The SMILES string of the molecule is Nc1ccc2ncc(-c3nccc(NCC45CC6CC(CC(C6)C4)C5)n3)n2c1. The number of anilines is 2. The smallest absolute Gasteiger partial charge is 0.180 e. The second-order valence-corrected chi connectivity index (χ2v) is 9.37. The number of nitrogens with one attached hydrogen (secondary N) is 1. The summed E-state index contributed by atoms with van der Waals surface area (Å²) in [6.07, 6.45) is 14.2. The summed E-state index contributed by atoms with van der Waals surface area (Å²) < 4.78 is 1.95. The highest BCUT2D eigenvalue weighted by Gasteiger charge is 2.50. The maximum atomic E-state index is 5.95. The lowest BCUT2D eigenvalue weighted by Crippen LogP contribution is -2.49. The summed E-state index contributed by atoms with van der Waals surface area (Å²) >= 11 is 0. The first-order valence-electron chi connectivity index (χ1n) is 10.5. The van der Waals surface area contributed by atoms with Crippen LogP contribution in [0.4, 0.5) is 11.5 Å². The van der Waals surface area contributed by atoms with Crippen LogP contribution in [0.25, 0.3) is 17.2 Å². The Bertz CT molecular complexity index is 1000. The summed E-state index contributed by atoms with van der Waals surface area (Å²) in [5.41, 5.74) is 8.84. The molecule has 3 heterocycles. The van der Waals surface area contributed by atoms with E-state index in [-0.39, 0.29) is 0 Å². The van der Waals surface area contributed by atoms with Gasteiger partial charge >= 0.3 is 0 Å². The average Bonchev–Trinajstić information content (AvgIpc) is 3.09. The molecule has 0 aromatic carbocycles. The first-order valence-corrected chi connectivity index (χ1v) is 10.5. The maximum absolute atomic E-state index is 5.95. The minimum absolute atomic E-state index is 0.484. The van der Waals surface area contributed by atoms with Gasteiger partial charge in [0.25, 0.3) is 0 Å². The van der Waals surface area contributed by atoms with E-state index in [1.54, 1.807) is 0 Å². The lowest BCUT2D eigenvalue weighted by molar-refractivity contribution is -0.0444. The van der Waals surface area contributed by atoms with E-state index in [4.69, 9.17) is 10.7 Å². The Labute approximate surface area is 164 Å². The van der Waals surface area contributed by atoms with Crippen LogP contribution in [0.3, 0.4) is 0 Å². The van der Waals surface area contributed by atoms with E-state index in [0.717, 1.165) is 41.5 Å². The standard InChI is InChI=1S/C22H26N6/c23-17-1-2-20-25-11-18(28(20)12-17)21-24-4-3-19(27-21)26-13-22-8-14-5-15(9-22)7-16(6-14)10-22/h1-4,11-12,14-16H,5-10,13,23H2,(H,24,26,27). The predicted molar refractivity (Wildman–Crippen MR) is 110 cm³/mol. The maximum Gasteiger partial charge on any atom is 0.180 e. The molecule has 6 heteroatoms. The molecule has 0 aliphatic heterocycles. The molecule has 6 nitrogen and oxygen atoms in total. The number of nitrogens with zero attached hydrogens (tertiary/aromatic N) is 4. The molecule has 0 amide bonds. The summed E-state index contributed by atoms with van der Waals surface area (Å²) in [5.74, 6) is 4.49. The molecule has 4 saturated carbocycles. The fourth-order valence-electron chi connectivity index (χ4n) is 6.53. The van der Waals surface area contributed by atoms with E-state index in [1.165, 1.54) is 38.5 Å². The van der Waals surface area contributed by atoms with E-state index >= 15 is 0 Å². The Morgan fingerprint density at radius 2 is 1.79 bits per heavy atom. The molecular weight excluding hydrogens is 348 g/mol. The number of hydrogen-bond acceptors (Lipinski definition) is 5. The molecule has 0 atom stereocenters. The fourth-order valence-corrected chi connectivity index (χ4v) is 6.53. The third kappa shape index (κ3) is 2.65. The molecule has 3 aromatic heterocycles. The Morgan fingerprint density at radius 3 is 2.54 bits per heavy atom. The van der Waals surface area contributed by atoms with E-state index in [0.29, 0.717) is 16.9 Å². The first-order chi connectivity index (χ1) is 13.7. The molecular formula is C22H26N6. The summed E-state index contributed by atoms with van der Waals surface area (Å²) in [6, 6.07) is 5.74. The van der Waals surface area contributed by atoms with Gasteiger partial charge in [-0.05, 0) is 79.9 Å². The van der Waals surface area contributed by atoms with Crippen molar-refractivity contribution in [2.24, 2.45) is 23.2 Å². The van der Waals surface area contributed by atoms with Crippen LogP contribution < -0.4 is 11.1 Å². The zero-order valence-electron chi connectivity index (χ0n) is 16.0. The minimum atomic E-state index is 0.484. The van der Waals surface area contributed by atoms with E-state index < -0.39 is 0 Å².